The first kappa shape index (κ1) is 15.4. The van der Waals surface area contributed by atoms with Crippen molar-refractivity contribution < 1.29 is 4.74 Å². The number of ether oxygens (including phenoxy) is 1. The van der Waals surface area contributed by atoms with Crippen LogP contribution in [0.1, 0.15) is 13.8 Å². The lowest BCUT2D eigenvalue weighted by Gasteiger charge is -2.34. The molecule has 18 heavy (non-hydrogen) atoms. The molecule has 0 aliphatic carbocycles. The standard InChI is InChI=1S/C11H17ClN4O.ClH/c1-7-3-13-10(8(2)17-7)6-16-11-14-4-9(12)5-15-11;/h4-5,7-8,10,13H,3,6H2,1-2H3,(H,14,15,16);1H/t7-,8+,10-;/m1./s1. The lowest BCUT2D eigenvalue weighted by Crippen LogP contribution is -2.53. The second-order valence-corrected chi connectivity index (χ2v) is 4.71. The average molecular weight is 293 g/mol. The van der Waals surface area contributed by atoms with E-state index in [-0.39, 0.29) is 30.7 Å². The number of aromatic nitrogens is 2. The van der Waals surface area contributed by atoms with E-state index in [2.05, 4.69) is 34.4 Å². The zero-order valence-corrected chi connectivity index (χ0v) is 12.0. The van der Waals surface area contributed by atoms with Gasteiger partial charge in [0, 0.05) is 13.1 Å². The van der Waals surface area contributed by atoms with Gasteiger partial charge in [-0.15, -0.1) is 12.4 Å². The minimum absolute atomic E-state index is 0. The number of halogens is 2. The Bertz CT molecular complexity index is 363. The molecule has 1 aromatic heterocycles. The Morgan fingerprint density at radius 3 is 2.72 bits per heavy atom. The van der Waals surface area contributed by atoms with Crippen LogP contribution in [-0.4, -0.2) is 41.3 Å². The predicted octanol–water partition coefficient (Wildman–Crippen LogP) is 1.73. The maximum absolute atomic E-state index is 5.74. The fourth-order valence-electron chi connectivity index (χ4n) is 1.84. The number of anilines is 1. The molecule has 5 nitrogen and oxygen atoms in total. The summed E-state index contributed by atoms with van der Waals surface area (Å²) in [6.45, 7) is 5.74. The molecule has 0 bridgehead atoms. The average Bonchev–Trinajstić information content (AvgIpc) is 2.30. The summed E-state index contributed by atoms with van der Waals surface area (Å²) < 4.78 is 5.74. The largest absolute Gasteiger partial charge is 0.373 e. The molecule has 1 aromatic rings. The van der Waals surface area contributed by atoms with Gasteiger partial charge in [-0.25, -0.2) is 9.97 Å². The molecule has 7 heteroatoms. The summed E-state index contributed by atoms with van der Waals surface area (Å²) >= 11 is 5.71. The molecule has 0 saturated carbocycles. The SMILES string of the molecule is C[C@@H]1CN[C@H](CNc2ncc(Cl)cn2)[C@H](C)O1.Cl. The molecular weight excluding hydrogens is 275 g/mol. The van der Waals surface area contributed by atoms with E-state index in [4.69, 9.17) is 16.3 Å². The molecule has 0 unspecified atom stereocenters. The van der Waals surface area contributed by atoms with Crippen molar-refractivity contribution >= 4 is 30.0 Å². The molecular formula is C11H18Cl2N4O. The van der Waals surface area contributed by atoms with Crippen molar-refractivity contribution in [2.24, 2.45) is 0 Å². The van der Waals surface area contributed by atoms with Gasteiger partial charge in [0.1, 0.15) is 0 Å². The molecule has 1 saturated heterocycles. The van der Waals surface area contributed by atoms with Crippen LogP contribution in [0.4, 0.5) is 5.95 Å². The Morgan fingerprint density at radius 1 is 1.44 bits per heavy atom. The maximum Gasteiger partial charge on any atom is 0.222 e. The van der Waals surface area contributed by atoms with Crippen molar-refractivity contribution in [2.45, 2.75) is 32.1 Å². The van der Waals surface area contributed by atoms with Crippen LogP contribution in [-0.2, 0) is 4.74 Å². The molecule has 0 radical (unpaired) electrons. The van der Waals surface area contributed by atoms with E-state index in [1.807, 2.05) is 0 Å². The minimum atomic E-state index is 0. The molecule has 1 aliphatic heterocycles. The molecule has 2 rings (SSSR count). The van der Waals surface area contributed by atoms with Crippen LogP contribution in [0.3, 0.4) is 0 Å². The van der Waals surface area contributed by atoms with Crippen LogP contribution in [0.2, 0.25) is 5.02 Å². The fraction of sp³-hybridized carbons (Fsp3) is 0.636. The number of hydrogen-bond acceptors (Lipinski definition) is 5. The Morgan fingerprint density at radius 2 is 2.11 bits per heavy atom. The van der Waals surface area contributed by atoms with Crippen molar-refractivity contribution in [1.29, 1.82) is 0 Å². The van der Waals surface area contributed by atoms with Crippen molar-refractivity contribution in [3.05, 3.63) is 17.4 Å². The van der Waals surface area contributed by atoms with E-state index in [0.29, 0.717) is 11.0 Å². The number of morpholine rings is 1. The minimum Gasteiger partial charge on any atom is -0.373 e. The van der Waals surface area contributed by atoms with Crippen LogP contribution in [0.25, 0.3) is 0 Å². The topological polar surface area (TPSA) is 59.1 Å². The third kappa shape index (κ3) is 4.24. The number of nitrogens with one attached hydrogen (secondary N) is 2. The first-order chi connectivity index (χ1) is 8.15. The molecule has 0 spiro atoms. The fourth-order valence-corrected chi connectivity index (χ4v) is 1.93. The summed E-state index contributed by atoms with van der Waals surface area (Å²) in [5.41, 5.74) is 0. The van der Waals surface area contributed by atoms with Crippen LogP contribution in [0.15, 0.2) is 12.4 Å². The van der Waals surface area contributed by atoms with Crippen molar-refractivity contribution in [2.75, 3.05) is 18.4 Å². The highest BCUT2D eigenvalue weighted by Gasteiger charge is 2.25. The van der Waals surface area contributed by atoms with Gasteiger partial charge in [-0.05, 0) is 13.8 Å². The normalized spacial score (nSPS) is 27.4. The van der Waals surface area contributed by atoms with E-state index < -0.39 is 0 Å². The van der Waals surface area contributed by atoms with E-state index in [0.717, 1.165) is 13.1 Å². The predicted molar refractivity (Wildman–Crippen MR) is 74.6 cm³/mol. The summed E-state index contributed by atoms with van der Waals surface area (Å²) in [5, 5.41) is 7.13. The van der Waals surface area contributed by atoms with Gasteiger partial charge < -0.3 is 15.4 Å². The third-order valence-electron chi connectivity index (χ3n) is 2.78. The van der Waals surface area contributed by atoms with Crippen molar-refractivity contribution in [3.63, 3.8) is 0 Å². The highest BCUT2D eigenvalue weighted by atomic mass is 35.5. The zero-order chi connectivity index (χ0) is 12.3. The Labute approximate surface area is 118 Å². The van der Waals surface area contributed by atoms with Gasteiger partial charge in [-0.2, -0.15) is 0 Å². The molecule has 1 aliphatic rings. The van der Waals surface area contributed by atoms with E-state index >= 15 is 0 Å². The number of rotatable bonds is 3. The van der Waals surface area contributed by atoms with E-state index in [1.165, 1.54) is 0 Å². The molecule has 2 heterocycles. The third-order valence-corrected chi connectivity index (χ3v) is 2.98. The molecule has 102 valence electrons. The second-order valence-electron chi connectivity index (χ2n) is 4.27. The monoisotopic (exact) mass is 292 g/mol. The van der Waals surface area contributed by atoms with Crippen LogP contribution >= 0.6 is 24.0 Å². The molecule has 1 fully saturated rings. The Kier molecular flexibility index (Phi) is 6.08. The van der Waals surface area contributed by atoms with Crippen molar-refractivity contribution in [1.82, 2.24) is 15.3 Å². The van der Waals surface area contributed by atoms with Crippen LogP contribution < -0.4 is 10.6 Å². The lowest BCUT2D eigenvalue weighted by atomic mass is 10.1. The quantitative estimate of drug-likeness (QED) is 0.889. The molecule has 0 amide bonds. The molecule has 0 aromatic carbocycles. The smallest absolute Gasteiger partial charge is 0.222 e. The second kappa shape index (κ2) is 7.09. The van der Waals surface area contributed by atoms with Gasteiger partial charge in [0.25, 0.3) is 0 Å². The van der Waals surface area contributed by atoms with Gasteiger partial charge in [0.15, 0.2) is 0 Å². The highest BCUT2D eigenvalue weighted by Crippen LogP contribution is 2.10. The first-order valence-electron chi connectivity index (χ1n) is 5.75. The number of nitrogens with zero attached hydrogens (tertiary/aromatic N) is 2. The van der Waals surface area contributed by atoms with E-state index in [1.54, 1.807) is 12.4 Å². The maximum atomic E-state index is 5.74. The summed E-state index contributed by atoms with van der Waals surface area (Å²) in [6.07, 6.45) is 3.60. The molecule has 2 N–H and O–H groups in total. The van der Waals surface area contributed by atoms with Gasteiger partial charge in [-0.3, -0.25) is 0 Å². The highest BCUT2D eigenvalue weighted by molar-refractivity contribution is 6.30. The Balaban J connectivity index is 0.00000162. The Hall–Kier alpha value is -0.620. The summed E-state index contributed by atoms with van der Waals surface area (Å²) in [4.78, 5) is 8.16. The van der Waals surface area contributed by atoms with E-state index in [9.17, 15) is 0 Å². The summed E-state index contributed by atoms with van der Waals surface area (Å²) in [6, 6.07) is 0.269. The lowest BCUT2D eigenvalue weighted by molar-refractivity contribution is -0.0407. The van der Waals surface area contributed by atoms with Gasteiger partial charge in [-0.1, -0.05) is 11.6 Å². The van der Waals surface area contributed by atoms with Gasteiger partial charge >= 0.3 is 0 Å². The van der Waals surface area contributed by atoms with Gasteiger partial charge in [0.05, 0.1) is 35.7 Å². The summed E-state index contributed by atoms with van der Waals surface area (Å²) in [7, 11) is 0. The summed E-state index contributed by atoms with van der Waals surface area (Å²) in [5.74, 6) is 0.585. The van der Waals surface area contributed by atoms with Crippen LogP contribution in [0.5, 0.6) is 0 Å². The molecule has 3 atom stereocenters. The van der Waals surface area contributed by atoms with Crippen LogP contribution in [0, 0.1) is 0 Å². The zero-order valence-electron chi connectivity index (χ0n) is 10.4. The van der Waals surface area contributed by atoms with Crippen molar-refractivity contribution in [3.8, 4) is 0 Å². The first-order valence-corrected chi connectivity index (χ1v) is 6.13. The van der Waals surface area contributed by atoms with Gasteiger partial charge in [0.2, 0.25) is 5.95 Å². The number of hydrogen-bond donors (Lipinski definition) is 2.